The van der Waals surface area contributed by atoms with Crippen LogP contribution in [0.3, 0.4) is 0 Å². The quantitative estimate of drug-likeness (QED) is 0.518. The molecule has 0 aromatic rings. The smallest absolute Gasteiger partial charge is 0.0428 e. The molecule has 0 unspecified atom stereocenters. The predicted molar refractivity (Wildman–Crippen MR) is 32.0 cm³/mol. The Labute approximate surface area is 45.5 Å². The molecule has 2 nitrogen and oxygen atoms in total. The van der Waals surface area contributed by atoms with Crippen LogP contribution >= 0.6 is 0 Å². The largest absolute Gasteiger partial charge is 0.412 e. The van der Waals surface area contributed by atoms with E-state index in [9.17, 15) is 0 Å². The van der Waals surface area contributed by atoms with Crippen LogP contribution in [0.1, 0.15) is 20.3 Å². The highest BCUT2D eigenvalue weighted by molar-refractivity contribution is 4.10. The number of aliphatic hydroxyl groups is 1. The van der Waals surface area contributed by atoms with Crippen molar-refractivity contribution in [1.82, 2.24) is 0 Å². The first-order chi connectivity index (χ1) is 2.91. The van der Waals surface area contributed by atoms with Crippen molar-refractivity contribution < 1.29 is 10.6 Å². The summed E-state index contributed by atoms with van der Waals surface area (Å²) in [4.78, 5) is 0. The average molecular weight is 107 g/mol. The van der Waals surface area contributed by atoms with Crippen LogP contribution in [0.2, 0.25) is 0 Å². The fourth-order valence-corrected chi connectivity index (χ4v) is 0. The second-order valence-electron chi connectivity index (χ2n) is 0.724. The highest BCUT2D eigenvalue weighted by atomic mass is 16.2. The summed E-state index contributed by atoms with van der Waals surface area (Å²) in [7, 11) is 0. The molecular weight excluding hydrogens is 92.1 g/mol. The molecule has 0 spiro atoms. The summed E-state index contributed by atoms with van der Waals surface area (Å²) in [6.07, 6.45) is 0.875. The molecular formula is C5H15O2. The average Bonchev–Trinajstić information content (AvgIpc) is 1.72. The fraction of sp³-hybridized carbons (Fsp3) is 0.800. The molecule has 1 radical (unpaired) electrons. The minimum absolute atomic E-state index is 0. The highest BCUT2D eigenvalue weighted by Gasteiger charge is 1.57. The first kappa shape index (κ1) is 15.8. The van der Waals surface area contributed by atoms with E-state index in [0.717, 1.165) is 6.42 Å². The van der Waals surface area contributed by atoms with Crippen LogP contribution in [0, 0.1) is 6.92 Å². The Morgan fingerprint density at radius 3 is 1.57 bits per heavy atom. The Bertz CT molecular complexity index is 8.04. The molecule has 0 bridgehead atoms. The van der Waals surface area contributed by atoms with Gasteiger partial charge in [-0.05, 0) is 6.42 Å². The van der Waals surface area contributed by atoms with Gasteiger partial charge in [0.15, 0.2) is 0 Å². The van der Waals surface area contributed by atoms with Crippen LogP contribution in [-0.2, 0) is 0 Å². The topological polar surface area (TPSA) is 51.7 Å². The maximum Gasteiger partial charge on any atom is 0.0428 e. The fourth-order valence-electron chi connectivity index (χ4n) is 0. The molecule has 3 N–H and O–H groups in total. The normalized spacial score (nSPS) is 5.14. The van der Waals surface area contributed by atoms with Gasteiger partial charge in [-0.1, -0.05) is 20.8 Å². The molecule has 0 aliphatic carbocycles. The molecule has 0 amide bonds. The molecule has 0 aliphatic rings. The molecule has 47 valence electrons. The van der Waals surface area contributed by atoms with Crippen molar-refractivity contribution in [2.45, 2.75) is 20.3 Å². The lowest BCUT2D eigenvalue weighted by Crippen LogP contribution is -1.69. The van der Waals surface area contributed by atoms with E-state index in [1.54, 1.807) is 6.92 Å². The van der Waals surface area contributed by atoms with E-state index in [0.29, 0.717) is 6.61 Å². The van der Waals surface area contributed by atoms with Crippen molar-refractivity contribution in [1.29, 1.82) is 0 Å². The molecule has 0 saturated carbocycles. The summed E-state index contributed by atoms with van der Waals surface area (Å²) in [5.74, 6) is 0. The Balaban J connectivity index is -0.0000000480. The minimum atomic E-state index is 0. The van der Waals surface area contributed by atoms with E-state index < -0.39 is 0 Å². The summed E-state index contributed by atoms with van der Waals surface area (Å²) >= 11 is 0. The SMILES string of the molecule is CCCO.O.[CH2]C. The van der Waals surface area contributed by atoms with Gasteiger partial charge >= 0.3 is 0 Å². The lowest BCUT2D eigenvalue weighted by Gasteiger charge is -1.69. The van der Waals surface area contributed by atoms with Gasteiger partial charge in [-0.25, -0.2) is 0 Å². The lowest BCUT2D eigenvalue weighted by atomic mass is 10.5. The van der Waals surface area contributed by atoms with Crippen LogP contribution in [0.4, 0.5) is 0 Å². The molecule has 7 heavy (non-hydrogen) atoms. The van der Waals surface area contributed by atoms with Gasteiger partial charge in [0.1, 0.15) is 0 Å². The van der Waals surface area contributed by atoms with E-state index in [2.05, 4.69) is 6.92 Å². The zero-order valence-corrected chi connectivity index (χ0v) is 5.07. The van der Waals surface area contributed by atoms with E-state index >= 15 is 0 Å². The third-order valence-electron chi connectivity index (χ3n) is 0.224. The zero-order chi connectivity index (χ0) is 5.41. The lowest BCUT2D eigenvalue weighted by molar-refractivity contribution is 0.295. The van der Waals surface area contributed by atoms with E-state index in [4.69, 9.17) is 5.11 Å². The van der Waals surface area contributed by atoms with Crippen molar-refractivity contribution in [3.8, 4) is 0 Å². The number of hydrogen-bond donors (Lipinski definition) is 1. The van der Waals surface area contributed by atoms with Gasteiger partial charge in [0, 0.05) is 6.61 Å². The first-order valence-electron chi connectivity index (χ1n) is 2.23. The van der Waals surface area contributed by atoms with Crippen molar-refractivity contribution in [3.05, 3.63) is 6.92 Å². The van der Waals surface area contributed by atoms with Gasteiger partial charge in [0.2, 0.25) is 0 Å². The van der Waals surface area contributed by atoms with Gasteiger partial charge < -0.3 is 10.6 Å². The number of aliphatic hydroxyl groups excluding tert-OH is 1. The van der Waals surface area contributed by atoms with Gasteiger partial charge in [0.25, 0.3) is 0 Å². The first-order valence-corrected chi connectivity index (χ1v) is 2.23. The Morgan fingerprint density at radius 2 is 1.57 bits per heavy atom. The van der Waals surface area contributed by atoms with E-state index in [-0.39, 0.29) is 5.48 Å². The molecule has 0 aromatic heterocycles. The number of rotatable bonds is 1. The molecule has 0 aromatic carbocycles. The molecule has 0 rings (SSSR count). The zero-order valence-electron chi connectivity index (χ0n) is 5.07. The summed E-state index contributed by atoms with van der Waals surface area (Å²) in [5.41, 5.74) is 0. The highest BCUT2D eigenvalue weighted by Crippen LogP contribution is 1.61. The van der Waals surface area contributed by atoms with E-state index in [1.165, 1.54) is 0 Å². The molecule has 0 atom stereocenters. The maximum atomic E-state index is 7.88. The van der Waals surface area contributed by atoms with Crippen molar-refractivity contribution in [2.24, 2.45) is 0 Å². The van der Waals surface area contributed by atoms with Gasteiger partial charge in [0.05, 0.1) is 0 Å². The minimum Gasteiger partial charge on any atom is -0.412 e. The number of hydrogen-bond acceptors (Lipinski definition) is 1. The Morgan fingerprint density at radius 1 is 1.43 bits per heavy atom. The third kappa shape index (κ3) is 107. The van der Waals surface area contributed by atoms with Crippen LogP contribution in [-0.4, -0.2) is 17.2 Å². The van der Waals surface area contributed by atoms with Crippen LogP contribution in [0.15, 0.2) is 0 Å². The van der Waals surface area contributed by atoms with Crippen LogP contribution in [0.25, 0.3) is 0 Å². The maximum absolute atomic E-state index is 7.88. The van der Waals surface area contributed by atoms with Crippen molar-refractivity contribution in [3.63, 3.8) is 0 Å². The summed E-state index contributed by atoms with van der Waals surface area (Å²) in [6, 6.07) is 0. The predicted octanol–water partition coefficient (Wildman–Crippen LogP) is 0.404. The van der Waals surface area contributed by atoms with Gasteiger partial charge in [-0.2, -0.15) is 0 Å². The Kier molecular flexibility index (Phi) is 87.6. The van der Waals surface area contributed by atoms with E-state index in [1.807, 2.05) is 6.92 Å². The molecule has 0 fully saturated rings. The summed E-state index contributed by atoms with van der Waals surface area (Å²) in [6.45, 7) is 7.25. The molecule has 0 saturated heterocycles. The summed E-state index contributed by atoms with van der Waals surface area (Å²) < 4.78 is 0. The van der Waals surface area contributed by atoms with Crippen molar-refractivity contribution >= 4 is 0 Å². The molecule has 0 heterocycles. The van der Waals surface area contributed by atoms with Crippen LogP contribution < -0.4 is 0 Å². The second-order valence-corrected chi connectivity index (χ2v) is 0.724. The third-order valence-corrected chi connectivity index (χ3v) is 0.224. The molecule has 0 aliphatic heterocycles. The van der Waals surface area contributed by atoms with Gasteiger partial charge in [-0.15, -0.1) is 0 Å². The monoisotopic (exact) mass is 107 g/mol. The second kappa shape index (κ2) is 38.9. The standard InChI is InChI=1S/C3H8O.C2H5.H2O/c1-2-3-4;1-2;/h4H,2-3H2,1H3;1H2,2H3;1H2. The summed E-state index contributed by atoms with van der Waals surface area (Å²) in [5, 5.41) is 7.88. The van der Waals surface area contributed by atoms with Gasteiger partial charge in [-0.3, -0.25) is 0 Å². The Hall–Kier alpha value is -0.0800. The molecule has 2 heteroatoms. The van der Waals surface area contributed by atoms with Crippen molar-refractivity contribution in [2.75, 3.05) is 6.61 Å². The van der Waals surface area contributed by atoms with Crippen LogP contribution in [0.5, 0.6) is 0 Å².